The summed E-state index contributed by atoms with van der Waals surface area (Å²) in [6.07, 6.45) is 5.25. The second-order valence-electron chi connectivity index (χ2n) is 5.37. The number of rotatable bonds is 5. The number of thiophene rings is 1. The quantitative estimate of drug-likeness (QED) is 0.875. The Labute approximate surface area is 115 Å². The third-order valence-corrected chi connectivity index (χ3v) is 4.87. The molecule has 0 saturated carbocycles. The van der Waals surface area contributed by atoms with Crippen LogP contribution >= 0.6 is 11.3 Å². The van der Waals surface area contributed by atoms with Crippen LogP contribution in [0.2, 0.25) is 0 Å². The maximum Gasteiger partial charge on any atom is 0.0388 e. The van der Waals surface area contributed by atoms with Crippen LogP contribution in [0.4, 0.5) is 0 Å². The van der Waals surface area contributed by atoms with Gasteiger partial charge in [0.2, 0.25) is 0 Å². The lowest BCUT2D eigenvalue weighted by molar-refractivity contribution is 0.281. The molecule has 102 valence electrons. The lowest BCUT2D eigenvalue weighted by atomic mass is 10.1. The van der Waals surface area contributed by atoms with Crippen LogP contribution in [0.3, 0.4) is 0 Å². The molecule has 18 heavy (non-hydrogen) atoms. The summed E-state index contributed by atoms with van der Waals surface area (Å²) in [6, 6.07) is 5.59. The molecule has 1 fully saturated rings. The van der Waals surface area contributed by atoms with Gasteiger partial charge < -0.3 is 10.2 Å². The molecule has 2 atom stereocenters. The van der Waals surface area contributed by atoms with Crippen LogP contribution in [0.15, 0.2) is 17.5 Å². The molecule has 0 amide bonds. The first kappa shape index (κ1) is 14.0. The molecule has 1 aromatic rings. The predicted molar refractivity (Wildman–Crippen MR) is 80.2 cm³/mol. The first-order valence-corrected chi connectivity index (χ1v) is 8.19. The van der Waals surface area contributed by atoms with Crippen LogP contribution in [0.25, 0.3) is 0 Å². The Kier molecular flexibility index (Phi) is 5.67. The highest BCUT2D eigenvalue weighted by atomic mass is 32.1. The van der Waals surface area contributed by atoms with Crippen LogP contribution in [-0.4, -0.2) is 30.6 Å². The fourth-order valence-electron chi connectivity index (χ4n) is 2.84. The van der Waals surface area contributed by atoms with Crippen LogP contribution in [0.1, 0.15) is 50.4 Å². The lowest BCUT2D eigenvalue weighted by Gasteiger charge is -2.22. The van der Waals surface area contributed by atoms with Crippen LogP contribution < -0.4 is 5.32 Å². The molecule has 0 radical (unpaired) electrons. The van der Waals surface area contributed by atoms with Gasteiger partial charge in [-0.05, 0) is 63.7 Å². The topological polar surface area (TPSA) is 15.3 Å². The van der Waals surface area contributed by atoms with Gasteiger partial charge in [0.05, 0.1) is 0 Å². The minimum atomic E-state index is 0.507. The molecular weight excluding hydrogens is 240 g/mol. The summed E-state index contributed by atoms with van der Waals surface area (Å²) in [5, 5.41) is 5.98. The van der Waals surface area contributed by atoms with Crippen molar-refractivity contribution in [3.63, 3.8) is 0 Å². The molecule has 0 spiro atoms. The molecule has 0 aromatic carbocycles. The zero-order chi connectivity index (χ0) is 12.8. The van der Waals surface area contributed by atoms with Gasteiger partial charge in [0.1, 0.15) is 0 Å². The summed E-state index contributed by atoms with van der Waals surface area (Å²) >= 11 is 1.86. The summed E-state index contributed by atoms with van der Waals surface area (Å²) in [6.45, 7) is 8.40. The van der Waals surface area contributed by atoms with E-state index in [4.69, 9.17) is 0 Å². The summed E-state index contributed by atoms with van der Waals surface area (Å²) in [7, 11) is 0. The number of nitrogens with one attached hydrogen (secondary N) is 1. The van der Waals surface area contributed by atoms with Gasteiger partial charge >= 0.3 is 0 Å². The van der Waals surface area contributed by atoms with Crippen LogP contribution in [0.5, 0.6) is 0 Å². The van der Waals surface area contributed by atoms with Crippen molar-refractivity contribution in [1.29, 1.82) is 0 Å². The Morgan fingerprint density at radius 1 is 1.44 bits per heavy atom. The molecule has 1 N–H and O–H groups in total. The lowest BCUT2D eigenvalue weighted by Crippen LogP contribution is -2.32. The monoisotopic (exact) mass is 266 g/mol. The molecule has 0 aliphatic carbocycles. The third kappa shape index (κ3) is 4.08. The number of likely N-dealkylation sites (tertiary alicyclic amines) is 1. The van der Waals surface area contributed by atoms with Crippen molar-refractivity contribution in [1.82, 2.24) is 10.2 Å². The zero-order valence-corrected chi connectivity index (χ0v) is 12.5. The minimum Gasteiger partial charge on any atom is -0.307 e. The first-order valence-electron chi connectivity index (χ1n) is 7.31. The van der Waals surface area contributed by atoms with Gasteiger partial charge in [-0.25, -0.2) is 0 Å². The van der Waals surface area contributed by atoms with E-state index in [9.17, 15) is 0 Å². The summed E-state index contributed by atoms with van der Waals surface area (Å²) in [5.74, 6) is 0. The van der Waals surface area contributed by atoms with Gasteiger partial charge in [0.25, 0.3) is 0 Å². The van der Waals surface area contributed by atoms with Gasteiger partial charge in [0, 0.05) is 17.0 Å². The molecule has 0 bridgehead atoms. The molecule has 1 saturated heterocycles. The number of hydrogen-bond donors (Lipinski definition) is 1. The molecule has 2 unspecified atom stereocenters. The highest BCUT2D eigenvalue weighted by Crippen LogP contribution is 2.21. The van der Waals surface area contributed by atoms with Crippen molar-refractivity contribution < 1.29 is 0 Å². The maximum absolute atomic E-state index is 3.81. The second kappa shape index (κ2) is 7.27. The molecule has 2 heterocycles. The minimum absolute atomic E-state index is 0.507. The van der Waals surface area contributed by atoms with E-state index in [0.29, 0.717) is 12.1 Å². The summed E-state index contributed by atoms with van der Waals surface area (Å²) in [4.78, 5) is 4.09. The predicted octanol–water partition coefficient (Wildman–Crippen LogP) is 3.66. The Balaban J connectivity index is 1.79. The Hall–Kier alpha value is -0.380. The zero-order valence-electron chi connectivity index (χ0n) is 11.7. The molecule has 1 aliphatic rings. The van der Waals surface area contributed by atoms with E-state index >= 15 is 0 Å². The van der Waals surface area contributed by atoms with Crippen LogP contribution in [0, 0.1) is 0 Å². The van der Waals surface area contributed by atoms with Crippen molar-refractivity contribution in [2.24, 2.45) is 0 Å². The van der Waals surface area contributed by atoms with E-state index < -0.39 is 0 Å². The third-order valence-electron chi connectivity index (χ3n) is 3.82. The van der Waals surface area contributed by atoms with Gasteiger partial charge in [-0.1, -0.05) is 13.0 Å². The molecule has 2 rings (SSSR count). The molecule has 2 nitrogen and oxygen atoms in total. The fourth-order valence-corrected chi connectivity index (χ4v) is 3.58. The number of nitrogens with zero attached hydrogens (tertiary/aromatic N) is 1. The van der Waals surface area contributed by atoms with Crippen molar-refractivity contribution in [2.45, 2.75) is 51.6 Å². The van der Waals surface area contributed by atoms with Crippen molar-refractivity contribution in [3.8, 4) is 0 Å². The van der Waals surface area contributed by atoms with E-state index in [0.717, 1.165) is 0 Å². The first-order chi connectivity index (χ1) is 8.79. The van der Waals surface area contributed by atoms with Crippen molar-refractivity contribution in [2.75, 3.05) is 19.6 Å². The van der Waals surface area contributed by atoms with Crippen molar-refractivity contribution in [3.05, 3.63) is 22.4 Å². The van der Waals surface area contributed by atoms with E-state index in [2.05, 4.69) is 41.6 Å². The average Bonchev–Trinajstić information content (AvgIpc) is 2.81. The van der Waals surface area contributed by atoms with E-state index in [1.54, 1.807) is 0 Å². The summed E-state index contributed by atoms with van der Waals surface area (Å²) in [5.41, 5.74) is 0. The van der Waals surface area contributed by atoms with E-state index in [1.807, 2.05) is 11.3 Å². The molecule has 3 heteroatoms. The van der Waals surface area contributed by atoms with Gasteiger partial charge in [0.15, 0.2) is 0 Å². The molecular formula is C15H26N2S. The Morgan fingerprint density at radius 3 is 3.06 bits per heavy atom. The maximum atomic E-state index is 3.81. The fraction of sp³-hybridized carbons (Fsp3) is 0.733. The van der Waals surface area contributed by atoms with Crippen molar-refractivity contribution >= 4 is 11.3 Å². The highest BCUT2D eigenvalue weighted by molar-refractivity contribution is 7.10. The Bertz CT molecular complexity index is 323. The highest BCUT2D eigenvalue weighted by Gasteiger charge is 2.18. The second-order valence-corrected chi connectivity index (χ2v) is 6.35. The smallest absolute Gasteiger partial charge is 0.0388 e. The van der Waals surface area contributed by atoms with Gasteiger partial charge in [-0.2, -0.15) is 0 Å². The van der Waals surface area contributed by atoms with E-state index in [1.165, 1.54) is 50.2 Å². The SMILES string of the molecule is CCCN1CCCC(NC(C)c2cccs2)CC1. The van der Waals surface area contributed by atoms with E-state index in [-0.39, 0.29) is 0 Å². The number of hydrogen-bond acceptors (Lipinski definition) is 3. The van der Waals surface area contributed by atoms with Gasteiger partial charge in [-0.3, -0.25) is 0 Å². The van der Waals surface area contributed by atoms with Gasteiger partial charge in [-0.15, -0.1) is 11.3 Å². The normalized spacial score (nSPS) is 23.8. The molecule has 1 aromatic heterocycles. The standard InChI is InChI=1S/C15H26N2S/c1-3-9-17-10-4-6-14(8-11-17)16-13(2)15-7-5-12-18-15/h5,7,12-14,16H,3-4,6,8-11H2,1-2H3. The molecule has 1 aliphatic heterocycles. The Morgan fingerprint density at radius 2 is 2.33 bits per heavy atom. The van der Waals surface area contributed by atoms with Crippen LogP contribution in [-0.2, 0) is 0 Å². The largest absolute Gasteiger partial charge is 0.307 e. The average molecular weight is 266 g/mol. The summed E-state index contributed by atoms with van der Waals surface area (Å²) < 4.78 is 0.